The third-order valence-electron chi connectivity index (χ3n) is 7.70. The Labute approximate surface area is 190 Å². The highest BCUT2D eigenvalue weighted by Gasteiger charge is 2.46. The molecular weight excluding hydrogens is 406 g/mol. The van der Waals surface area contributed by atoms with E-state index in [4.69, 9.17) is 17.0 Å². The van der Waals surface area contributed by atoms with Crippen molar-refractivity contribution in [2.75, 3.05) is 32.1 Å². The Balaban J connectivity index is 1.29. The molecule has 1 aromatic carbocycles. The third kappa shape index (κ3) is 4.24. The van der Waals surface area contributed by atoms with Crippen molar-refractivity contribution in [1.82, 2.24) is 9.80 Å². The summed E-state index contributed by atoms with van der Waals surface area (Å²) in [6, 6.07) is 9.16. The smallest absolute Gasteiger partial charge is 0.309 e. The normalized spacial score (nSPS) is 30.0. The zero-order valence-corrected chi connectivity index (χ0v) is 19.2. The number of rotatable bonds is 3. The molecule has 1 aliphatic carbocycles. The van der Waals surface area contributed by atoms with E-state index in [1.165, 1.54) is 58.7 Å². The number of nitrogens with one attached hydrogen (secondary N) is 1. The van der Waals surface area contributed by atoms with Crippen LogP contribution in [0.4, 0.5) is 5.69 Å². The van der Waals surface area contributed by atoms with Crippen LogP contribution < -0.4 is 5.32 Å². The molecule has 3 fully saturated rings. The van der Waals surface area contributed by atoms with E-state index in [0.29, 0.717) is 18.4 Å². The van der Waals surface area contributed by atoms with E-state index < -0.39 is 0 Å². The van der Waals surface area contributed by atoms with Gasteiger partial charge in [-0.25, -0.2) is 0 Å². The van der Waals surface area contributed by atoms with Gasteiger partial charge in [-0.1, -0.05) is 30.2 Å². The Bertz CT molecular complexity index is 868. The van der Waals surface area contributed by atoms with E-state index in [-0.39, 0.29) is 5.97 Å². The van der Waals surface area contributed by atoms with Gasteiger partial charge in [0, 0.05) is 24.8 Å². The van der Waals surface area contributed by atoms with Crippen molar-refractivity contribution in [3.63, 3.8) is 0 Å². The lowest BCUT2D eigenvalue weighted by molar-refractivity contribution is -0.139. The number of thiocarbonyl (C=S) groups is 1. The van der Waals surface area contributed by atoms with Gasteiger partial charge in [-0.05, 0) is 80.4 Å². The van der Waals surface area contributed by atoms with Crippen molar-refractivity contribution >= 4 is 29.0 Å². The first-order valence-corrected chi connectivity index (χ1v) is 12.2. The molecule has 3 saturated heterocycles. The van der Waals surface area contributed by atoms with Crippen molar-refractivity contribution in [2.24, 2.45) is 11.8 Å². The Morgan fingerprint density at radius 2 is 2.03 bits per heavy atom. The van der Waals surface area contributed by atoms with Crippen LogP contribution in [-0.4, -0.2) is 59.7 Å². The van der Waals surface area contributed by atoms with Gasteiger partial charge in [0.05, 0.1) is 19.6 Å². The fourth-order valence-corrected chi connectivity index (χ4v) is 6.66. The summed E-state index contributed by atoms with van der Waals surface area (Å²) in [6.45, 7) is 3.53. The number of piperidine rings is 3. The van der Waals surface area contributed by atoms with Gasteiger partial charge in [0.2, 0.25) is 0 Å². The molecular formula is C25H33N3O2S. The number of hydrogen-bond acceptors (Lipinski definition) is 4. The summed E-state index contributed by atoms with van der Waals surface area (Å²) in [7, 11) is 1.42. The molecule has 0 amide bonds. The molecule has 0 spiro atoms. The van der Waals surface area contributed by atoms with Gasteiger partial charge in [-0.2, -0.15) is 0 Å². The molecule has 3 aliphatic heterocycles. The molecule has 6 heteroatoms. The lowest BCUT2D eigenvalue weighted by Crippen LogP contribution is -2.60. The molecule has 5 nitrogen and oxygen atoms in total. The number of ether oxygens (including phenoxy) is 1. The average Bonchev–Trinajstić information content (AvgIpc) is 2.80. The summed E-state index contributed by atoms with van der Waals surface area (Å²) in [5.74, 6) is 1.21. The van der Waals surface area contributed by atoms with E-state index in [2.05, 4.69) is 21.2 Å². The molecule has 5 rings (SSSR count). The first kappa shape index (κ1) is 21.0. The molecule has 1 N–H and O–H groups in total. The van der Waals surface area contributed by atoms with Crippen LogP contribution in [0, 0.1) is 11.8 Å². The highest BCUT2D eigenvalue weighted by molar-refractivity contribution is 7.80. The van der Waals surface area contributed by atoms with Crippen LogP contribution in [-0.2, 0) is 16.0 Å². The van der Waals surface area contributed by atoms with E-state index in [1.807, 2.05) is 24.3 Å². The molecule has 0 radical (unpaired) electrons. The second-order valence-electron chi connectivity index (χ2n) is 9.58. The average molecular weight is 440 g/mol. The zero-order chi connectivity index (χ0) is 21.4. The summed E-state index contributed by atoms with van der Waals surface area (Å²) >= 11 is 5.91. The topological polar surface area (TPSA) is 44.8 Å². The molecule has 2 bridgehead atoms. The van der Waals surface area contributed by atoms with Crippen LogP contribution in [0.5, 0.6) is 0 Å². The fraction of sp³-hybridized carbons (Fsp3) is 0.600. The van der Waals surface area contributed by atoms with Crippen molar-refractivity contribution in [1.29, 1.82) is 0 Å². The van der Waals surface area contributed by atoms with Gasteiger partial charge in [-0.3, -0.25) is 9.69 Å². The maximum Gasteiger partial charge on any atom is 0.309 e. The highest BCUT2D eigenvalue weighted by Crippen LogP contribution is 2.45. The first-order valence-electron chi connectivity index (χ1n) is 11.8. The van der Waals surface area contributed by atoms with Crippen LogP contribution in [0.2, 0.25) is 0 Å². The Kier molecular flexibility index (Phi) is 6.02. The summed E-state index contributed by atoms with van der Waals surface area (Å²) in [6.07, 6.45) is 10.8. The van der Waals surface area contributed by atoms with E-state index >= 15 is 0 Å². The van der Waals surface area contributed by atoms with Gasteiger partial charge >= 0.3 is 5.97 Å². The van der Waals surface area contributed by atoms with Crippen LogP contribution in [0.25, 0.3) is 0 Å². The number of esters is 1. The van der Waals surface area contributed by atoms with Crippen LogP contribution in [0.1, 0.15) is 44.1 Å². The summed E-state index contributed by atoms with van der Waals surface area (Å²) < 4.78 is 4.75. The number of methoxy groups -OCH3 is 1. The second kappa shape index (κ2) is 8.91. The van der Waals surface area contributed by atoms with E-state index in [1.54, 1.807) is 5.57 Å². The number of fused-ring (bicyclic) bond motifs is 6. The summed E-state index contributed by atoms with van der Waals surface area (Å²) in [5, 5.41) is 4.30. The molecule has 0 saturated carbocycles. The highest BCUT2D eigenvalue weighted by atomic mass is 32.1. The molecule has 0 aromatic heterocycles. The van der Waals surface area contributed by atoms with Gasteiger partial charge in [0.15, 0.2) is 5.11 Å². The van der Waals surface area contributed by atoms with Gasteiger partial charge < -0.3 is 15.0 Å². The van der Waals surface area contributed by atoms with E-state index in [9.17, 15) is 4.79 Å². The van der Waals surface area contributed by atoms with Crippen molar-refractivity contribution in [2.45, 2.75) is 57.0 Å². The van der Waals surface area contributed by atoms with Gasteiger partial charge in [-0.15, -0.1) is 0 Å². The summed E-state index contributed by atoms with van der Waals surface area (Å²) in [4.78, 5) is 16.7. The lowest BCUT2D eigenvalue weighted by Gasteiger charge is -2.55. The Morgan fingerprint density at radius 3 is 2.84 bits per heavy atom. The van der Waals surface area contributed by atoms with Crippen LogP contribution in [0.3, 0.4) is 0 Å². The first-order chi connectivity index (χ1) is 15.1. The predicted molar refractivity (Wildman–Crippen MR) is 127 cm³/mol. The van der Waals surface area contributed by atoms with E-state index in [0.717, 1.165) is 34.9 Å². The number of likely N-dealkylation sites (tertiary alicyclic amines) is 1. The molecule has 4 atom stereocenters. The number of benzene rings is 1. The van der Waals surface area contributed by atoms with Gasteiger partial charge in [0.1, 0.15) is 0 Å². The molecule has 166 valence electrons. The number of carbonyl (C=O) groups is 1. The minimum atomic E-state index is -0.220. The van der Waals surface area contributed by atoms with Crippen LogP contribution >= 0.6 is 12.2 Å². The van der Waals surface area contributed by atoms with Gasteiger partial charge in [0.25, 0.3) is 0 Å². The monoisotopic (exact) mass is 439 g/mol. The third-order valence-corrected chi connectivity index (χ3v) is 8.04. The standard InChI is InChI=1S/C25H33N3O2S/c1-30-23(29)13-17-7-9-21(10-8-17)26-25(31)28-12-4-5-18-14-19-15-20(24(18)28)16-27-11-3-2-6-22(19)27/h7-10,14,19-20,22,24H,2-6,11-13,15-16H2,1H3,(H,26,31)/t19?,20?,22-,24-/m1/s1. The molecule has 1 aromatic rings. The minimum absolute atomic E-state index is 0.220. The predicted octanol–water partition coefficient (Wildman–Crippen LogP) is 3.99. The fourth-order valence-electron chi connectivity index (χ4n) is 6.34. The minimum Gasteiger partial charge on any atom is -0.469 e. The number of nitrogens with zero attached hydrogens (tertiary/aromatic N) is 2. The van der Waals surface area contributed by atoms with Crippen molar-refractivity contribution in [3.05, 3.63) is 41.5 Å². The Morgan fingerprint density at radius 1 is 1.19 bits per heavy atom. The SMILES string of the molecule is COC(=O)Cc1ccc(NC(=S)N2CCCC3=CC4CC(CN5CCCC[C@H]45)[C@@H]32)cc1. The summed E-state index contributed by atoms with van der Waals surface area (Å²) in [5.41, 5.74) is 3.56. The lowest BCUT2D eigenvalue weighted by atomic mass is 9.68. The van der Waals surface area contributed by atoms with Crippen molar-refractivity contribution < 1.29 is 9.53 Å². The quantitative estimate of drug-likeness (QED) is 0.436. The Hall–Kier alpha value is -1.92. The molecule has 2 unspecified atom stereocenters. The number of hydrogen-bond donors (Lipinski definition) is 1. The number of anilines is 1. The second-order valence-corrected chi connectivity index (χ2v) is 9.97. The molecule has 31 heavy (non-hydrogen) atoms. The zero-order valence-electron chi connectivity index (χ0n) is 18.4. The molecule has 4 aliphatic rings. The maximum atomic E-state index is 11.5. The van der Waals surface area contributed by atoms with Crippen molar-refractivity contribution in [3.8, 4) is 0 Å². The molecule has 3 heterocycles. The largest absolute Gasteiger partial charge is 0.469 e. The maximum absolute atomic E-state index is 11.5. The van der Waals surface area contributed by atoms with Crippen LogP contribution in [0.15, 0.2) is 35.9 Å². The number of carbonyl (C=O) groups excluding carboxylic acids is 1.